The van der Waals surface area contributed by atoms with Crippen molar-refractivity contribution in [1.29, 1.82) is 0 Å². The summed E-state index contributed by atoms with van der Waals surface area (Å²) in [6.45, 7) is 9.54. The molecule has 0 atom stereocenters. The van der Waals surface area contributed by atoms with Crippen LogP contribution in [-0.2, 0) is 6.54 Å². The van der Waals surface area contributed by atoms with Gasteiger partial charge < -0.3 is 9.88 Å². The Morgan fingerprint density at radius 3 is 2.54 bits per heavy atom. The molecule has 0 aromatic carbocycles. The van der Waals surface area contributed by atoms with Crippen LogP contribution in [0.1, 0.15) is 43.3 Å². The van der Waals surface area contributed by atoms with Gasteiger partial charge in [0.05, 0.1) is 5.52 Å². The van der Waals surface area contributed by atoms with Gasteiger partial charge in [-0.2, -0.15) is 4.37 Å². The van der Waals surface area contributed by atoms with E-state index in [1.54, 1.807) is 4.90 Å². The van der Waals surface area contributed by atoms with Gasteiger partial charge >= 0.3 is 5.69 Å². The molecule has 2 aromatic rings. The molecule has 1 fully saturated rings. The summed E-state index contributed by atoms with van der Waals surface area (Å²) in [5.41, 5.74) is -0.448. The number of amides is 1. The van der Waals surface area contributed by atoms with Crippen molar-refractivity contribution in [3.63, 3.8) is 0 Å². The van der Waals surface area contributed by atoms with Gasteiger partial charge in [0.2, 0.25) is 0 Å². The van der Waals surface area contributed by atoms with Crippen LogP contribution >= 0.6 is 11.5 Å². The molecule has 0 saturated carbocycles. The third-order valence-electron chi connectivity index (χ3n) is 4.88. The zero-order chi connectivity index (χ0) is 18.8. The molecule has 0 radical (unpaired) electrons. The normalized spacial score (nSPS) is 15.9. The van der Waals surface area contributed by atoms with Crippen LogP contribution in [0.15, 0.2) is 9.59 Å². The molecule has 8 nitrogen and oxygen atoms in total. The van der Waals surface area contributed by atoms with Gasteiger partial charge in [-0.3, -0.25) is 19.1 Å². The Morgan fingerprint density at radius 1 is 1.23 bits per heavy atom. The van der Waals surface area contributed by atoms with Crippen LogP contribution in [0.5, 0.6) is 0 Å². The highest BCUT2D eigenvalue weighted by Crippen LogP contribution is 2.20. The average Bonchev–Trinajstić information content (AvgIpc) is 3.05. The van der Waals surface area contributed by atoms with Crippen molar-refractivity contribution in [3.8, 4) is 0 Å². The Hall–Kier alpha value is -2.00. The highest BCUT2D eigenvalue weighted by molar-refractivity contribution is 7.09. The number of unbranched alkanes of at least 4 members (excludes halogenated alkanes) is 1. The minimum absolute atomic E-state index is 0.165. The second kappa shape index (κ2) is 7.71. The van der Waals surface area contributed by atoms with Crippen molar-refractivity contribution in [2.75, 3.05) is 26.2 Å². The summed E-state index contributed by atoms with van der Waals surface area (Å²) in [6, 6.07) is 0.453. The number of carbonyl (C=O) groups is 1. The molecule has 26 heavy (non-hydrogen) atoms. The lowest BCUT2D eigenvalue weighted by Gasteiger charge is -2.36. The van der Waals surface area contributed by atoms with E-state index in [1.807, 2.05) is 6.92 Å². The van der Waals surface area contributed by atoms with Crippen molar-refractivity contribution in [2.24, 2.45) is 0 Å². The van der Waals surface area contributed by atoms with Crippen molar-refractivity contribution in [1.82, 2.24) is 23.7 Å². The van der Waals surface area contributed by atoms with Crippen molar-refractivity contribution in [2.45, 2.75) is 46.2 Å². The van der Waals surface area contributed by atoms with E-state index in [-0.39, 0.29) is 16.9 Å². The van der Waals surface area contributed by atoms with E-state index in [2.05, 4.69) is 28.1 Å². The molecule has 1 aliphatic rings. The predicted molar refractivity (Wildman–Crippen MR) is 102 cm³/mol. The fourth-order valence-corrected chi connectivity index (χ4v) is 3.99. The summed E-state index contributed by atoms with van der Waals surface area (Å²) in [4.78, 5) is 44.8. The number of hydrogen-bond donors (Lipinski definition) is 1. The largest absolute Gasteiger partial charge is 0.335 e. The van der Waals surface area contributed by atoms with E-state index in [0.29, 0.717) is 30.6 Å². The van der Waals surface area contributed by atoms with Crippen LogP contribution in [-0.4, -0.2) is 61.9 Å². The summed E-state index contributed by atoms with van der Waals surface area (Å²) >= 11 is 0.989. The van der Waals surface area contributed by atoms with Gasteiger partial charge in [-0.25, -0.2) is 4.79 Å². The maximum Gasteiger partial charge on any atom is 0.328 e. The van der Waals surface area contributed by atoms with E-state index < -0.39 is 11.2 Å². The van der Waals surface area contributed by atoms with Gasteiger partial charge in [0.15, 0.2) is 5.52 Å². The SMILES string of the molecule is CCCCn1c(=O)[nH]c2c(C(=O)N3CCN(C(C)C)CC3)snc2c1=O. The van der Waals surface area contributed by atoms with Crippen molar-refractivity contribution < 1.29 is 4.79 Å². The van der Waals surface area contributed by atoms with Crippen LogP contribution in [0.2, 0.25) is 0 Å². The van der Waals surface area contributed by atoms with Crippen LogP contribution in [0.3, 0.4) is 0 Å². The Morgan fingerprint density at radius 2 is 1.92 bits per heavy atom. The molecule has 3 rings (SSSR count). The van der Waals surface area contributed by atoms with E-state index in [1.165, 1.54) is 4.57 Å². The summed E-state index contributed by atoms with van der Waals surface area (Å²) in [6.07, 6.45) is 1.62. The summed E-state index contributed by atoms with van der Waals surface area (Å²) in [7, 11) is 0. The number of piperazine rings is 1. The number of rotatable bonds is 5. The van der Waals surface area contributed by atoms with Gasteiger partial charge in [-0.1, -0.05) is 13.3 Å². The van der Waals surface area contributed by atoms with Crippen molar-refractivity contribution >= 4 is 28.5 Å². The molecular formula is C17H25N5O3S. The molecule has 0 aliphatic carbocycles. The second-order valence-corrected chi connectivity index (χ2v) is 7.67. The second-order valence-electron chi connectivity index (χ2n) is 6.90. The number of aromatic amines is 1. The molecule has 0 unspecified atom stereocenters. The summed E-state index contributed by atoms with van der Waals surface area (Å²) in [5, 5.41) is 0. The third-order valence-corrected chi connectivity index (χ3v) is 5.71. The number of nitrogens with one attached hydrogen (secondary N) is 1. The number of nitrogens with zero attached hydrogens (tertiary/aromatic N) is 4. The van der Waals surface area contributed by atoms with Gasteiger partial charge in [-0.15, -0.1) is 0 Å². The van der Waals surface area contributed by atoms with Crippen LogP contribution in [0.25, 0.3) is 11.0 Å². The molecule has 1 saturated heterocycles. The molecule has 0 spiro atoms. The topological polar surface area (TPSA) is 91.3 Å². The zero-order valence-corrected chi connectivity index (χ0v) is 16.3. The van der Waals surface area contributed by atoms with Crippen LogP contribution in [0.4, 0.5) is 0 Å². The monoisotopic (exact) mass is 379 g/mol. The number of fused-ring (bicyclic) bond motifs is 1. The molecule has 0 bridgehead atoms. The van der Waals surface area contributed by atoms with E-state index >= 15 is 0 Å². The van der Waals surface area contributed by atoms with Gasteiger partial charge in [0.1, 0.15) is 4.88 Å². The summed E-state index contributed by atoms with van der Waals surface area (Å²) < 4.78 is 5.34. The zero-order valence-electron chi connectivity index (χ0n) is 15.4. The highest BCUT2D eigenvalue weighted by atomic mass is 32.1. The molecule has 1 N–H and O–H groups in total. The lowest BCUT2D eigenvalue weighted by molar-refractivity contribution is 0.0601. The average molecular weight is 379 g/mol. The Kier molecular flexibility index (Phi) is 5.57. The maximum atomic E-state index is 12.9. The molecule has 2 aromatic heterocycles. The quantitative estimate of drug-likeness (QED) is 0.840. The van der Waals surface area contributed by atoms with E-state index in [4.69, 9.17) is 0 Å². The number of carbonyl (C=O) groups excluding carboxylic acids is 1. The smallest absolute Gasteiger partial charge is 0.328 e. The fourth-order valence-electron chi connectivity index (χ4n) is 3.20. The maximum absolute atomic E-state index is 12.9. The first-order chi connectivity index (χ1) is 12.4. The van der Waals surface area contributed by atoms with E-state index in [9.17, 15) is 14.4 Å². The number of hydrogen-bond acceptors (Lipinski definition) is 6. The fraction of sp³-hybridized carbons (Fsp3) is 0.647. The molecule has 9 heteroatoms. The molecule has 1 amide bonds. The Balaban J connectivity index is 1.88. The lowest BCUT2D eigenvalue weighted by atomic mass is 10.2. The van der Waals surface area contributed by atoms with E-state index in [0.717, 1.165) is 37.5 Å². The minimum Gasteiger partial charge on any atom is -0.335 e. The molecule has 142 valence electrons. The highest BCUT2D eigenvalue weighted by Gasteiger charge is 2.27. The molecule has 3 heterocycles. The van der Waals surface area contributed by atoms with Crippen LogP contribution < -0.4 is 11.2 Å². The predicted octanol–water partition coefficient (Wildman–Crippen LogP) is 1.11. The number of H-pyrrole nitrogens is 1. The minimum atomic E-state index is -0.477. The Bertz CT molecular complexity index is 905. The first-order valence-electron chi connectivity index (χ1n) is 9.09. The first kappa shape index (κ1) is 18.8. The molecule has 1 aliphatic heterocycles. The van der Waals surface area contributed by atoms with Gasteiger partial charge in [0, 0.05) is 38.8 Å². The summed E-state index contributed by atoms with van der Waals surface area (Å²) in [5.74, 6) is -0.165. The first-order valence-corrected chi connectivity index (χ1v) is 9.87. The van der Waals surface area contributed by atoms with Gasteiger partial charge in [0.25, 0.3) is 11.5 Å². The lowest BCUT2D eigenvalue weighted by Crippen LogP contribution is -2.50. The van der Waals surface area contributed by atoms with Crippen LogP contribution in [0, 0.1) is 0 Å². The number of aromatic nitrogens is 3. The molecular weight excluding hydrogens is 354 g/mol. The van der Waals surface area contributed by atoms with Gasteiger partial charge in [-0.05, 0) is 31.8 Å². The third kappa shape index (κ3) is 3.45. The Labute approximate surface area is 155 Å². The van der Waals surface area contributed by atoms with Crippen molar-refractivity contribution in [3.05, 3.63) is 25.7 Å². The standard InChI is InChI=1S/C17H25N5O3S/c1-4-5-6-22-15(23)13-12(18-17(22)25)14(26-19-13)16(24)21-9-7-20(8-10-21)11(2)3/h11H,4-10H2,1-3H3,(H,18,25).